The Kier molecular flexibility index (Phi) is 2.58. The Morgan fingerprint density at radius 2 is 2.07 bits per heavy atom. The molecule has 1 aromatic carbocycles. The predicted octanol–water partition coefficient (Wildman–Crippen LogP) is 3.02. The van der Waals surface area contributed by atoms with Crippen molar-refractivity contribution in [1.82, 2.24) is 4.98 Å². The molecule has 2 N–H and O–H groups in total. The summed E-state index contributed by atoms with van der Waals surface area (Å²) in [6.45, 7) is 4.40. The van der Waals surface area contributed by atoms with E-state index in [0.717, 1.165) is 23.0 Å². The molecule has 2 rings (SSSR count). The van der Waals surface area contributed by atoms with Crippen LogP contribution >= 0.6 is 0 Å². The summed E-state index contributed by atoms with van der Waals surface area (Å²) >= 11 is 0. The van der Waals surface area contributed by atoms with Crippen molar-refractivity contribution in [3.63, 3.8) is 0 Å². The number of anilines is 1. The maximum atomic E-state index is 6.13. The van der Waals surface area contributed by atoms with E-state index in [-0.39, 0.29) is 0 Å². The van der Waals surface area contributed by atoms with E-state index >= 15 is 0 Å². The molecule has 0 radical (unpaired) electrons. The Hall–Kier alpha value is -1.57. The number of rotatable bonds is 2. The van der Waals surface area contributed by atoms with Gasteiger partial charge in [-0.2, -0.15) is 0 Å². The standard InChI is InChI=1S/C13H16N2/c1-9(2)8-10-5-6-12-11(13(10)14)4-3-7-15-12/h3-7,9H,8,14H2,1-2H3. The van der Waals surface area contributed by atoms with Gasteiger partial charge in [0.2, 0.25) is 0 Å². The molecule has 0 atom stereocenters. The van der Waals surface area contributed by atoms with Gasteiger partial charge in [0.25, 0.3) is 0 Å². The van der Waals surface area contributed by atoms with Crippen LogP contribution in [-0.4, -0.2) is 4.98 Å². The van der Waals surface area contributed by atoms with Gasteiger partial charge in [-0.25, -0.2) is 0 Å². The number of aromatic nitrogens is 1. The fourth-order valence-electron chi connectivity index (χ4n) is 1.84. The van der Waals surface area contributed by atoms with Crippen molar-refractivity contribution in [3.05, 3.63) is 36.0 Å². The first-order valence-corrected chi connectivity index (χ1v) is 5.30. The van der Waals surface area contributed by atoms with Gasteiger partial charge in [-0.1, -0.05) is 19.9 Å². The van der Waals surface area contributed by atoms with Crippen molar-refractivity contribution in [2.24, 2.45) is 5.92 Å². The maximum absolute atomic E-state index is 6.13. The van der Waals surface area contributed by atoms with E-state index in [9.17, 15) is 0 Å². The summed E-state index contributed by atoms with van der Waals surface area (Å²) in [5.41, 5.74) is 9.21. The first kappa shape index (κ1) is 9.97. The molecule has 15 heavy (non-hydrogen) atoms. The Morgan fingerprint density at radius 1 is 1.27 bits per heavy atom. The largest absolute Gasteiger partial charge is 0.398 e. The van der Waals surface area contributed by atoms with Crippen LogP contribution in [0, 0.1) is 5.92 Å². The SMILES string of the molecule is CC(C)Cc1ccc2ncccc2c1N. The average molecular weight is 200 g/mol. The fourth-order valence-corrected chi connectivity index (χ4v) is 1.84. The van der Waals surface area contributed by atoms with Gasteiger partial charge in [-0.3, -0.25) is 4.98 Å². The minimum Gasteiger partial charge on any atom is -0.398 e. The van der Waals surface area contributed by atoms with E-state index in [1.807, 2.05) is 18.2 Å². The minimum absolute atomic E-state index is 0.626. The topological polar surface area (TPSA) is 38.9 Å². The zero-order valence-electron chi connectivity index (χ0n) is 9.20. The lowest BCUT2D eigenvalue weighted by Crippen LogP contribution is -2.00. The summed E-state index contributed by atoms with van der Waals surface area (Å²) in [4.78, 5) is 4.28. The van der Waals surface area contributed by atoms with E-state index < -0.39 is 0 Å². The first-order valence-electron chi connectivity index (χ1n) is 5.30. The average Bonchev–Trinajstić information content (AvgIpc) is 2.22. The molecule has 0 unspecified atom stereocenters. The Bertz CT molecular complexity index is 475. The first-order chi connectivity index (χ1) is 7.18. The van der Waals surface area contributed by atoms with Gasteiger partial charge in [0.05, 0.1) is 5.52 Å². The van der Waals surface area contributed by atoms with Gasteiger partial charge in [0.15, 0.2) is 0 Å². The number of benzene rings is 1. The van der Waals surface area contributed by atoms with Crippen LogP contribution in [0.15, 0.2) is 30.5 Å². The summed E-state index contributed by atoms with van der Waals surface area (Å²) in [5.74, 6) is 0.626. The number of hydrogen-bond acceptors (Lipinski definition) is 2. The van der Waals surface area contributed by atoms with Crippen molar-refractivity contribution in [2.75, 3.05) is 5.73 Å². The molecule has 0 aliphatic rings. The third-order valence-electron chi connectivity index (χ3n) is 2.55. The van der Waals surface area contributed by atoms with Crippen LogP contribution in [0.25, 0.3) is 10.9 Å². The molecule has 1 heterocycles. The van der Waals surface area contributed by atoms with Gasteiger partial charge in [-0.05, 0) is 36.1 Å². The van der Waals surface area contributed by atoms with Gasteiger partial charge in [0.1, 0.15) is 0 Å². The highest BCUT2D eigenvalue weighted by Crippen LogP contribution is 2.24. The lowest BCUT2D eigenvalue weighted by Gasteiger charge is -2.10. The molecule has 0 bridgehead atoms. The van der Waals surface area contributed by atoms with Crippen LogP contribution in [0.3, 0.4) is 0 Å². The number of fused-ring (bicyclic) bond motifs is 1. The van der Waals surface area contributed by atoms with E-state index in [1.165, 1.54) is 5.56 Å². The van der Waals surface area contributed by atoms with Crippen molar-refractivity contribution in [3.8, 4) is 0 Å². The molecule has 1 aromatic heterocycles. The fraction of sp³-hybridized carbons (Fsp3) is 0.308. The second-order valence-electron chi connectivity index (χ2n) is 4.31. The number of nitrogen functional groups attached to an aromatic ring is 1. The quantitative estimate of drug-likeness (QED) is 0.757. The van der Waals surface area contributed by atoms with Crippen LogP contribution in [0.4, 0.5) is 5.69 Å². The van der Waals surface area contributed by atoms with Crippen molar-refractivity contribution in [2.45, 2.75) is 20.3 Å². The molecule has 0 fully saturated rings. The predicted molar refractivity (Wildman–Crippen MR) is 64.7 cm³/mol. The maximum Gasteiger partial charge on any atom is 0.0722 e. The van der Waals surface area contributed by atoms with Crippen LogP contribution in [0.2, 0.25) is 0 Å². The van der Waals surface area contributed by atoms with Crippen LogP contribution in [0.5, 0.6) is 0 Å². The zero-order valence-corrected chi connectivity index (χ0v) is 9.20. The molecule has 0 saturated carbocycles. The summed E-state index contributed by atoms with van der Waals surface area (Å²) in [6, 6.07) is 8.09. The van der Waals surface area contributed by atoms with Crippen molar-refractivity contribution < 1.29 is 0 Å². The summed E-state index contributed by atoms with van der Waals surface area (Å²) in [6.07, 6.45) is 2.82. The van der Waals surface area contributed by atoms with Gasteiger partial charge < -0.3 is 5.73 Å². The molecule has 0 aliphatic carbocycles. The smallest absolute Gasteiger partial charge is 0.0722 e. The minimum atomic E-state index is 0.626. The summed E-state index contributed by atoms with van der Waals surface area (Å²) in [7, 11) is 0. The van der Waals surface area contributed by atoms with Crippen molar-refractivity contribution in [1.29, 1.82) is 0 Å². The Balaban J connectivity index is 2.55. The number of hydrogen-bond donors (Lipinski definition) is 1. The highest BCUT2D eigenvalue weighted by atomic mass is 14.7. The van der Waals surface area contributed by atoms with Crippen LogP contribution in [-0.2, 0) is 6.42 Å². The number of pyridine rings is 1. The highest BCUT2D eigenvalue weighted by molar-refractivity contribution is 5.91. The lowest BCUT2D eigenvalue weighted by molar-refractivity contribution is 0.649. The molecular weight excluding hydrogens is 184 g/mol. The van der Waals surface area contributed by atoms with Gasteiger partial charge >= 0.3 is 0 Å². The lowest BCUT2D eigenvalue weighted by atomic mass is 9.99. The Morgan fingerprint density at radius 3 is 2.80 bits per heavy atom. The van der Waals surface area contributed by atoms with Gasteiger partial charge in [-0.15, -0.1) is 0 Å². The van der Waals surface area contributed by atoms with Gasteiger partial charge in [0, 0.05) is 17.3 Å². The molecule has 0 amide bonds. The van der Waals surface area contributed by atoms with Crippen LogP contribution in [0.1, 0.15) is 19.4 Å². The molecule has 0 aliphatic heterocycles. The molecule has 78 valence electrons. The second-order valence-corrected chi connectivity index (χ2v) is 4.31. The second kappa shape index (κ2) is 3.89. The molecular formula is C13H16N2. The van der Waals surface area contributed by atoms with Crippen molar-refractivity contribution >= 4 is 16.6 Å². The number of nitrogens with two attached hydrogens (primary N) is 1. The Labute approximate surface area is 90.1 Å². The monoisotopic (exact) mass is 200 g/mol. The highest BCUT2D eigenvalue weighted by Gasteiger charge is 2.06. The molecule has 2 aromatic rings. The molecule has 2 heteroatoms. The van der Waals surface area contributed by atoms with E-state index in [2.05, 4.69) is 24.9 Å². The molecule has 2 nitrogen and oxygen atoms in total. The zero-order chi connectivity index (χ0) is 10.8. The summed E-state index contributed by atoms with van der Waals surface area (Å²) < 4.78 is 0. The molecule has 0 saturated heterocycles. The van der Waals surface area contributed by atoms with E-state index in [4.69, 9.17) is 5.73 Å². The van der Waals surface area contributed by atoms with E-state index in [1.54, 1.807) is 6.20 Å². The third kappa shape index (κ3) is 1.94. The van der Waals surface area contributed by atoms with E-state index in [0.29, 0.717) is 5.92 Å². The summed E-state index contributed by atoms with van der Waals surface area (Å²) in [5, 5.41) is 1.07. The number of nitrogens with zero attached hydrogens (tertiary/aromatic N) is 1. The normalized spacial score (nSPS) is 11.1. The molecule has 0 spiro atoms. The third-order valence-corrected chi connectivity index (χ3v) is 2.55. The van der Waals surface area contributed by atoms with Crippen LogP contribution < -0.4 is 5.73 Å².